The van der Waals surface area contributed by atoms with Crippen molar-refractivity contribution in [1.29, 1.82) is 0 Å². The van der Waals surface area contributed by atoms with Crippen LogP contribution in [0.5, 0.6) is 0 Å². The molecule has 0 aromatic heterocycles. The van der Waals surface area contributed by atoms with Gasteiger partial charge in [-0.25, -0.2) is 0 Å². The molecule has 24 nitrogen and oxygen atoms in total. The van der Waals surface area contributed by atoms with Crippen molar-refractivity contribution >= 4 is 387 Å². The molecule has 39 heteroatoms. The first-order valence-electron chi connectivity index (χ1n) is 4.38. The molecular formula is Ca9O24P6. The topological polar surface area (TPSA) is 518 Å². The SMILES string of the molecule is O=P([O-])([O-])[O-].O=P([O-])([O-])[O-].O=P([O-])([O-])[O-].O=P([O-])([O-])[O-].O=P([O-])([O-])[O-].O=P([O-])([O-])[O-].[Ca+2].[Ca+2].[Ca+2].[Ca+2].[Ca+2].[Ca+2].[Ca+2].[Ca+2].[Ca+2]. The maximum absolute atomic E-state index is 8.55. The van der Waals surface area contributed by atoms with Gasteiger partial charge >= 0.3 is 340 Å². The second-order valence-corrected chi connectivity index (χ2v) is 8.05. The Bertz CT molecular complexity index is 484. The first kappa shape index (κ1) is 98.4. The predicted octanol–water partition coefficient (Wildman–Crippen LogP) is -20.4. The summed E-state index contributed by atoms with van der Waals surface area (Å²) in [5, 5.41) is 0. The molecule has 0 saturated carbocycles. The Morgan fingerprint density at radius 3 is 0.179 bits per heavy atom. The van der Waals surface area contributed by atoms with Crippen molar-refractivity contribution in [1.82, 2.24) is 0 Å². The summed E-state index contributed by atoms with van der Waals surface area (Å²) in [5.41, 5.74) is 0. The van der Waals surface area contributed by atoms with Crippen LogP contribution in [-0.4, -0.2) is 340 Å². The van der Waals surface area contributed by atoms with E-state index in [0.29, 0.717) is 0 Å². The molecule has 0 heterocycles. The zero-order valence-corrected chi connectivity index (χ0v) is 44.1. The summed E-state index contributed by atoms with van der Waals surface area (Å²) >= 11 is 0. The van der Waals surface area contributed by atoms with Gasteiger partial charge in [0.05, 0.1) is 0 Å². The predicted molar refractivity (Wildman–Crippen MR) is 97.4 cm³/mol. The van der Waals surface area contributed by atoms with E-state index in [1.165, 1.54) is 0 Å². The normalized spacial score (nSPS) is 9.08. The fraction of sp³-hybridized carbons (Fsp3) is 0. The molecule has 192 valence electrons. The van der Waals surface area contributed by atoms with E-state index in [1.54, 1.807) is 0 Å². The fourth-order valence-corrected chi connectivity index (χ4v) is 0. The Hall–Kier alpha value is 12.0. The van der Waals surface area contributed by atoms with Crippen LogP contribution < -0.4 is 88.1 Å². The van der Waals surface area contributed by atoms with Crippen LogP contribution in [0.15, 0.2) is 0 Å². The van der Waals surface area contributed by atoms with E-state index in [-0.39, 0.29) is 340 Å². The van der Waals surface area contributed by atoms with E-state index in [1.807, 2.05) is 0 Å². The molecule has 0 saturated heterocycles. The van der Waals surface area contributed by atoms with Gasteiger partial charge in [-0.05, 0) is 0 Å². The van der Waals surface area contributed by atoms with Gasteiger partial charge in [-0.2, -0.15) is 46.9 Å². The van der Waals surface area contributed by atoms with Crippen LogP contribution in [0, 0.1) is 0 Å². The average Bonchev–Trinajstić information content (AvgIpc) is 1.94. The maximum atomic E-state index is 8.55. The molecule has 0 aromatic carbocycles. The Labute approximate surface area is 488 Å². The molecule has 0 fully saturated rings. The summed E-state index contributed by atoms with van der Waals surface area (Å²) in [7, 11) is -32.3. The molecule has 0 spiro atoms. The minimum atomic E-state index is -5.39. The molecule has 39 heavy (non-hydrogen) atoms. The van der Waals surface area contributed by atoms with Crippen molar-refractivity contribution in [3.63, 3.8) is 0 Å². The molecule has 0 amide bonds. The summed E-state index contributed by atoms with van der Waals surface area (Å²) in [4.78, 5) is 154. The van der Waals surface area contributed by atoms with Gasteiger partial charge in [-0.3, -0.25) is 0 Å². The van der Waals surface area contributed by atoms with Gasteiger partial charge < -0.3 is 115 Å². The minimum absolute atomic E-state index is 0. The van der Waals surface area contributed by atoms with Crippen LogP contribution in [0.3, 0.4) is 0 Å². The maximum Gasteiger partial charge on any atom is 2.00 e. The average molecular weight is 931 g/mol. The van der Waals surface area contributed by atoms with Gasteiger partial charge in [-0.15, -0.1) is 0 Å². The van der Waals surface area contributed by atoms with Crippen LogP contribution in [-0.2, 0) is 27.4 Å². The Balaban J connectivity index is -0.0000000130. The molecule has 0 atom stereocenters. The third-order valence-corrected chi connectivity index (χ3v) is 0. The first-order chi connectivity index (χ1) is 12.0. The molecule has 0 radical (unpaired) electrons. The van der Waals surface area contributed by atoms with Crippen molar-refractivity contribution in [2.45, 2.75) is 0 Å². The third kappa shape index (κ3) is 800. The molecular weight excluding hydrogens is 931 g/mol. The van der Waals surface area contributed by atoms with Gasteiger partial charge in [-0.1, -0.05) is 0 Å². The Morgan fingerprint density at radius 1 is 0.179 bits per heavy atom. The van der Waals surface area contributed by atoms with Crippen LogP contribution in [0.25, 0.3) is 0 Å². The van der Waals surface area contributed by atoms with Crippen molar-refractivity contribution in [3.8, 4) is 0 Å². The second-order valence-electron chi connectivity index (χ2n) is 2.68. The molecule has 0 N–H and O–H groups in total. The number of hydrogen-bond donors (Lipinski definition) is 0. The van der Waals surface area contributed by atoms with Gasteiger partial charge in [0.1, 0.15) is 0 Å². The van der Waals surface area contributed by atoms with E-state index >= 15 is 0 Å². The summed E-state index contributed by atoms with van der Waals surface area (Å²) in [5.74, 6) is 0. The number of rotatable bonds is 0. The molecule has 0 rings (SSSR count). The third-order valence-electron chi connectivity index (χ3n) is 0. The van der Waals surface area contributed by atoms with Crippen molar-refractivity contribution in [2.75, 3.05) is 0 Å². The molecule has 0 aliphatic rings. The van der Waals surface area contributed by atoms with Gasteiger partial charge in [0.2, 0.25) is 0 Å². The van der Waals surface area contributed by atoms with Crippen molar-refractivity contribution in [2.24, 2.45) is 0 Å². The molecule has 0 aliphatic carbocycles. The van der Waals surface area contributed by atoms with E-state index in [0.717, 1.165) is 0 Å². The summed E-state index contributed by atoms with van der Waals surface area (Å²) in [6.07, 6.45) is 0. The second kappa shape index (κ2) is 52.1. The summed E-state index contributed by atoms with van der Waals surface area (Å²) < 4.78 is 51.3. The standard InChI is InChI=1S/9Ca.6H3O4P/c;;;;;;;;;6*1-5(2,3)4/h;;;;;;;;;6*(H3,1,2,3,4)/q9*+2;;;;;;/p-18. The van der Waals surface area contributed by atoms with Gasteiger partial charge in [0, 0.05) is 0 Å². The smallest absolute Gasteiger partial charge is 0.822 e. The quantitative estimate of drug-likeness (QED) is 0.161. The minimum Gasteiger partial charge on any atom is -0.822 e. The van der Waals surface area contributed by atoms with Crippen LogP contribution in [0.4, 0.5) is 0 Å². The van der Waals surface area contributed by atoms with E-state index in [4.69, 9.17) is 115 Å². The monoisotopic (exact) mass is 929 g/mol. The molecule has 0 bridgehead atoms. The fourth-order valence-electron chi connectivity index (χ4n) is 0. The van der Waals surface area contributed by atoms with Gasteiger partial charge in [0.25, 0.3) is 0 Å². The van der Waals surface area contributed by atoms with E-state index in [9.17, 15) is 0 Å². The zero-order valence-electron chi connectivity index (χ0n) is 18.8. The van der Waals surface area contributed by atoms with Crippen LogP contribution >= 0.6 is 46.9 Å². The summed E-state index contributed by atoms with van der Waals surface area (Å²) in [6.45, 7) is 0. The number of phosphoric acid groups is 6. The molecule has 0 aromatic rings. The summed E-state index contributed by atoms with van der Waals surface area (Å²) in [6, 6.07) is 0. The zero-order chi connectivity index (χ0) is 27.0. The Kier molecular flexibility index (Phi) is 131. The van der Waals surface area contributed by atoms with Crippen LogP contribution in [0.1, 0.15) is 0 Å². The first-order valence-corrected chi connectivity index (χ1v) is 13.1. The van der Waals surface area contributed by atoms with E-state index in [2.05, 4.69) is 0 Å². The van der Waals surface area contributed by atoms with Crippen molar-refractivity contribution < 1.29 is 115 Å². The largest absolute Gasteiger partial charge is 2.00 e. The molecule has 0 unspecified atom stereocenters. The number of hydrogen-bond acceptors (Lipinski definition) is 24. The van der Waals surface area contributed by atoms with Crippen molar-refractivity contribution in [3.05, 3.63) is 0 Å². The molecule has 0 aliphatic heterocycles. The van der Waals surface area contributed by atoms with E-state index < -0.39 is 46.9 Å². The Morgan fingerprint density at radius 2 is 0.179 bits per heavy atom. The van der Waals surface area contributed by atoms with Crippen LogP contribution in [0.2, 0.25) is 0 Å². The van der Waals surface area contributed by atoms with Gasteiger partial charge in [0.15, 0.2) is 0 Å².